The monoisotopic (exact) mass is 226 g/mol. The highest BCUT2D eigenvalue weighted by atomic mass is 79.9. The molecule has 2 nitrogen and oxygen atoms in total. The molecule has 1 heterocycles. The average molecular weight is 227 g/mol. The van der Waals surface area contributed by atoms with Gasteiger partial charge < -0.3 is 5.73 Å². The predicted octanol–water partition coefficient (Wildman–Crippen LogP) is 2.04. The van der Waals surface area contributed by atoms with E-state index in [1.807, 2.05) is 12.4 Å². The van der Waals surface area contributed by atoms with E-state index in [0.29, 0.717) is 5.92 Å². The summed E-state index contributed by atoms with van der Waals surface area (Å²) in [6.07, 6.45) is 4.79. The lowest BCUT2D eigenvalue weighted by molar-refractivity contribution is 0.512. The number of hydrogen-bond acceptors (Lipinski definition) is 2. The van der Waals surface area contributed by atoms with Crippen molar-refractivity contribution < 1.29 is 0 Å². The van der Waals surface area contributed by atoms with Gasteiger partial charge >= 0.3 is 0 Å². The Morgan fingerprint density at radius 3 is 3.00 bits per heavy atom. The van der Waals surface area contributed by atoms with Gasteiger partial charge in [0.2, 0.25) is 0 Å². The molecule has 0 saturated heterocycles. The van der Waals surface area contributed by atoms with Gasteiger partial charge in [-0.3, -0.25) is 4.98 Å². The molecule has 0 spiro atoms. The minimum absolute atomic E-state index is 0.171. The van der Waals surface area contributed by atoms with E-state index < -0.39 is 0 Å². The Morgan fingerprint density at radius 2 is 2.33 bits per heavy atom. The van der Waals surface area contributed by atoms with Gasteiger partial charge in [0.05, 0.1) is 0 Å². The highest BCUT2D eigenvalue weighted by Gasteiger charge is 2.27. The third-order valence-electron chi connectivity index (χ3n) is 2.54. The molecular formula is C9H11BrN2. The quantitative estimate of drug-likeness (QED) is 0.736. The third kappa shape index (κ3) is 1.08. The zero-order valence-electron chi connectivity index (χ0n) is 6.92. The SMILES string of the molecule is CC1Cc2c(Br)cncc2C1N. The molecule has 0 fully saturated rings. The van der Waals surface area contributed by atoms with Crippen LogP contribution in [0.3, 0.4) is 0 Å². The number of rotatable bonds is 0. The number of nitrogens with zero attached hydrogens (tertiary/aromatic N) is 1. The van der Waals surface area contributed by atoms with Crippen LogP contribution in [0.5, 0.6) is 0 Å². The van der Waals surface area contributed by atoms with Gasteiger partial charge in [-0.2, -0.15) is 0 Å². The van der Waals surface area contributed by atoms with Gasteiger partial charge in [0.15, 0.2) is 0 Å². The molecule has 0 aromatic carbocycles. The molecule has 0 aliphatic heterocycles. The first-order chi connectivity index (χ1) is 5.70. The van der Waals surface area contributed by atoms with Gasteiger partial charge in [0, 0.05) is 22.9 Å². The van der Waals surface area contributed by atoms with Gasteiger partial charge in [0.1, 0.15) is 0 Å². The molecule has 1 aliphatic carbocycles. The van der Waals surface area contributed by atoms with Gasteiger partial charge in [0.25, 0.3) is 0 Å². The molecule has 0 saturated carbocycles. The summed E-state index contributed by atoms with van der Waals surface area (Å²) in [6.45, 7) is 2.18. The summed E-state index contributed by atoms with van der Waals surface area (Å²) in [4.78, 5) is 4.11. The first-order valence-electron chi connectivity index (χ1n) is 4.08. The fraction of sp³-hybridized carbons (Fsp3) is 0.444. The van der Waals surface area contributed by atoms with Crippen molar-refractivity contribution >= 4 is 15.9 Å². The summed E-state index contributed by atoms with van der Waals surface area (Å²) in [7, 11) is 0. The van der Waals surface area contributed by atoms with Crippen LogP contribution >= 0.6 is 15.9 Å². The van der Waals surface area contributed by atoms with Crippen molar-refractivity contribution in [1.82, 2.24) is 4.98 Å². The van der Waals surface area contributed by atoms with Crippen molar-refractivity contribution in [3.05, 3.63) is 28.0 Å². The smallest absolute Gasteiger partial charge is 0.0413 e. The number of aromatic nitrogens is 1. The molecule has 1 aromatic heterocycles. The Morgan fingerprint density at radius 1 is 1.58 bits per heavy atom. The maximum absolute atomic E-state index is 6.00. The molecule has 3 heteroatoms. The lowest BCUT2D eigenvalue weighted by Gasteiger charge is -2.08. The predicted molar refractivity (Wildman–Crippen MR) is 51.7 cm³/mol. The van der Waals surface area contributed by atoms with E-state index in [0.717, 1.165) is 10.9 Å². The standard InChI is InChI=1S/C9H11BrN2/c1-5-2-6-7(9(5)11)3-12-4-8(6)10/h3-5,9H,2,11H2,1H3. The number of hydrogen-bond donors (Lipinski definition) is 1. The van der Waals surface area contributed by atoms with Gasteiger partial charge in [-0.25, -0.2) is 0 Å². The lowest BCUT2D eigenvalue weighted by atomic mass is 10.1. The molecule has 0 radical (unpaired) electrons. The van der Waals surface area contributed by atoms with Gasteiger partial charge in [-0.1, -0.05) is 6.92 Å². The first kappa shape index (κ1) is 8.20. The molecule has 12 heavy (non-hydrogen) atoms. The van der Waals surface area contributed by atoms with Crippen molar-refractivity contribution in [2.24, 2.45) is 11.7 Å². The van der Waals surface area contributed by atoms with Crippen LogP contribution in [0.15, 0.2) is 16.9 Å². The molecule has 2 N–H and O–H groups in total. The van der Waals surface area contributed by atoms with E-state index in [1.165, 1.54) is 11.1 Å². The minimum atomic E-state index is 0.171. The fourth-order valence-corrected chi connectivity index (χ4v) is 2.24. The normalized spacial score (nSPS) is 27.2. The van der Waals surface area contributed by atoms with Crippen molar-refractivity contribution in [3.63, 3.8) is 0 Å². The van der Waals surface area contributed by atoms with Crippen LogP contribution in [0.2, 0.25) is 0 Å². The third-order valence-corrected chi connectivity index (χ3v) is 3.22. The van der Waals surface area contributed by atoms with Crippen molar-refractivity contribution in [1.29, 1.82) is 0 Å². The fourth-order valence-electron chi connectivity index (χ4n) is 1.73. The topological polar surface area (TPSA) is 38.9 Å². The zero-order valence-corrected chi connectivity index (χ0v) is 8.51. The molecule has 2 unspecified atom stereocenters. The van der Waals surface area contributed by atoms with Crippen LogP contribution < -0.4 is 5.73 Å². The summed E-state index contributed by atoms with van der Waals surface area (Å²) < 4.78 is 1.10. The van der Waals surface area contributed by atoms with Crippen molar-refractivity contribution in [3.8, 4) is 0 Å². The number of halogens is 1. The highest BCUT2D eigenvalue weighted by molar-refractivity contribution is 9.10. The molecule has 2 atom stereocenters. The summed E-state index contributed by atoms with van der Waals surface area (Å²) in [5, 5.41) is 0. The minimum Gasteiger partial charge on any atom is -0.324 e. The van der Waals surface area contributed by atoms with Crippen LogP contribution in [0.25, 0.3) is 0 Å². The van der Waals surface area contributed by atoms with Crippen molar-refractivity contribution in [2.75, 3.05) is 0 Å². The lowest BCUT2D eigenvalue weighted by Crippen LogP contribution is -2.13. The van der Waals surface area contributed by atoms with Crippen LogP contribution in [0.4, 0.5) is 0 Å². The number of nitrogens with two attached hydrogens (primary N) is 1. The Kier molecular flexibility index (Phi) is 1.93. The summed E-state index contributed by atoms with van der Waals surface area (Å²) in [5.74, 6) is 0.542. The summed E-state index contributed by atoms with van der Waals surface area (Å²) in [6, 6.07) is 0.171. The van der Waals surface area contributed by atoms with Gasteiger partial charge in [-0.05, 0) is 39.4 Å². The number of pyridine rings is 1. The molecule has 0 amide bonds. The van der Waals surface area contributed by atoms with Crippen LogP contribution in [-0.2, 0) is 6.42 Å². The summed E-state index contributed by atoms with van der Waals surface area (Å²) in [5.41, 5.74) is 8.54. The summed E-state index contributed by atoms with van der Waals surface area (Å²) >= 11 is 3.48. The molecule has 1 aliphatic rings. The van der Waals surface area contributed by atoms with Crippen LogP contribution in [0.1, 0.15) is 24.1 Å². The Bertz CT molecular complexity index is 311. The first-order valence-corrected chi connectivity index (χ1v) is 4.87. The van der Waals surface area contributed by atoms with E-state index in [9.17, 15) is 0 Å². The van der Waals surface area contributed by atoms with Crippen LogP contribution in [0, 0.1) is 5.92 Å². The molecule has 2 rings (SSSR count). The molecule has 0 bridgehead atoms. The second kappa shape index (κ2) is 2.82. The molecule has 64 valence electrons. The highest BCUT2D eigenvalue weighted by Crippen LogP contribution is 2.36. The average Bonchev–Trinajstić information content (AvgIpc) is 2.32. The molecule has 1 aromatic rings. The maximum Gasteiger partial charge on any atom is 0.0413 e. The Hall–Kier alpha value is -0.410. The van der Waals surface area contributed by atoms with Crippen molar-refractivity contribution in [2.45, 2.75) is 19.4 Å². The second-order valence-electron chi connectivity index (χ2n) is 3.40. The second-order valence-corrected chi connectivity index (χ2v) is 4.25. The van der Waals surface area contributed by atoms with Crippen LogP contribution in [-0.4, -0.2) is 4.98 Å². The zero-order chi connectivity index (χ0) is 8.72. The largest absolute Gasteiger partial charge is 0.324 e. The van der Waals surface area contributed by atoms with E-state index >= 15 is 0 Å². The van der Waals surface area contributed by atoms with E-state index in [4.69, 9.17) is 5.73 Å². The van der Waals surface area contributed by atoms with E-state index in [-0.39, 0.29) is 6.04 Å². The Labute approximate surface area is 80.3 Å². The van der Waals surface area contributed by atoms with E-state index in [1.54, 1.807) is 0 Å². The number of fused-ring (bicyclic) bond motifs is 1. The molecular weight excluding hydrogens is 216 g/mol. The van der Waals surface area contributed by atoms with Gasteiger partial charge in [-0.15, -0.1) is 0 Å². The Balaban J connectivity index is 2.53. The van der Waals surface area contributed by atoms with E-state index in [2.05, 4.69) is 27.8 Å². The maximum atomic E-state index is 6.00.